The molecule has 100 valence electrons. The number of hydrogen-bond donors (Lipinski definition) is 2. The fourth-order valence-corrected chi connectivity index (χ4v) is 2.40. The van der Waals surface area contributed by atoms with Crippen molar-refractivity contribution in [2.45, 2.75) is 0 Å². The molecule has 0 aliphatic carbocycles. The molecule has 0 spiro atoms. The molecule has 1 saturated heterocycles. The zero-order valence-corrected chi connectivity index (χ0v) is 12.3. The molecule has 1 amide bonds. The maximum atomic E-state index is 12.3. The van der Waals surface area contributed by atoms with Gasteiger partial charge < -0.3 is 9.73 Å². The average Bonchev–Trinajstić information content (AvgIpc) is 2.71. The van der Waals surface area contributed by atoms with Crippen molar-refractivity contribution in [3.8, 4) is 0 Å². The Balaban J connectivity index is 2.14. The van der Waals surface area contributed by atoms with Gasteiger partial charge in [0.1, 0.15) is 17.5 Å². The Bertz CT molecular complexity index is 841. The second-order valence-corrected chi connectivity index (χ2v) is 5.45. The van der Waals surface area contributed by atoms with Crippen LogP contribution in [0.25, 0.3) is 17.0 Å². The number of benzene rings is 1. The lowest BCUT2D eigenvalue weighted by Gasteiger charge is -2.00. The van der Waals surface area contributed by atoms with Crippen LogP contribution in [0.5, 0.6) is 0 Å². The van der Waals surface area contributed by atoms with Crippen LogP contribution in [-0.4, -0.2) is 11.0 Å². The molecule has 2 N–H and O–H groups in total. The minimum absolute atomic E-state index is 0.210. The van der Waals surface area contributed by atoms with E-state index in [2.05, 4.69) is 26.6 Å². The summed E-state index contributed by atoms with van der Waals surface area (Å²) in [5.41, 5.74) is 0.769. The van der Waals surface area contributed by atoms with Gasteiger partial charge in [-0.1, -0.05) is 15.9 Å². The maximum Gasteiger partial charge on any atom is 0.273 e. The fourth-order valence-electron chi connectivity index (χ4n) is 1.85. The Kier molecular flexibility index (Phi) is 3.15. The molecule has 5 nitrogen and oxygen atoms in total. The molecule has 1 fully saturated rings. The lowest BCUT2D eigenvalue weighted by Crippen LogP contribution is -2.21. The van der Waals surface area contributed by atoms with Gasteiger partial charge in [-0.05, 0) is 36.5 Å². The number of fused-ring (bicyclic) bond motifs is 1. The van der Waals surface area contributed by atoms with Crippen molar-refractivity contribution >= 4 is 56.2 Å². The molecule has 1 aromatic heterocycles. The second kappa shape index (κ2) is 4.84. The highest BCUT2D eigenvalue weighted by molar-refractivity contribution is 9.10. The van der Waals surface area contributed by atoms with Gasteiger partial charge in [-0.15, -0.1) is 0 Å². The van der Waals surface area contributed by atoms with Gasteiger partial charge in [-0.2, -0.15) is 0 Å². The van der Waals surface area contributed by atoms with E-state index in [0.29, 0.717) is 11.0 Å². The van der Waals surface area contributed by atoms with E-state index in [-0.39, 0.29) is 27.7 Å². The number of hydrogen-bond acceptors (Lipinski definition) is 4. The molecule has 2 aromatic rings. The first kappa shape index (κ1) is 13.0. The molecule has 0 saturated carbocycles. The number of carbonyl (C=O) groups is 1. The molecular formula is C13H7BrN2O3S. The quantitative estimate of drug-likeness (QED) is 0.607. The normalized spacial score (nSPS) is 16.6. The Morgan fingerprint density at radius 1 is 1.25 bits per heavy atom. The van der Waals surface area contributed by atoms with Crippen LogP contribution >= 0.6 is 28.1 Å². The SMILES string of the molecule is O=C1NC(=S)NC1=Cc1coc2cc(Br)ccc2c1=O. The number of rotatable bonds is 1. The number of carbonyl (C=O) groups excluding carboxylic acids is 1. The van der Waals surface area contributed by atoms with E-state index >= 15 is 0 Å². The molecule has 0 bridgehead atoms. The second-order valence-electron chi connectivity index (χ2n) is 4.13. The highest BCUT2D eigenvalue weighted by atomic mass is 79.9. The molecule has 1 aliphatic rings. The summed E-state index contributed by atoms with van der Waals surface area (Å²) in [5, 5.41) is 5.77. The standard InChI is InChI=1S/C13H7BrN2O3S/c14-7-1-2-8-10(4-7)19-5-6(11(8)17)3-9-12(18)16-13(20)15-9/h1-5H,(H2,15,16,18,20). The molecule has 0 unspecified atom stereocenters. The van der Waals surface area contributed by atoms with Crippen molar-refractivity contribution in [2.75, 3.05) is 0 Å². The molecule has 0 atom stereocenters. The molecule has 3 rings (SSSR count). The average molecular weight is 351 g/mol. The first-order chi connectivity index (χ1) is 9.54. The number of thiocarbonyl (C=S) groups is 1. The van der Waals surface area contributed by atoms with Gasteiger partial charge in [-0.3, -0.25) is 14.9 Å². The van der Waals surface area contributed by atoms with Crippen LogP contribution in [0, 0.1) is 0 Å². The first-order valence-electron chi connectivity index (χ1n) is 5.60. The largest absolute Gasteiger partial charge is 0.463 e. The van der Waals surface area contributed by atoms with Crippen LogP contribution in [0.4, 0.5) is 0 Å². The zero-order valence-electron chi connectivity index (χ0n) is 9.90. The van der Waals surface area contributed by atoms with Gasteiger partial charge >= 0.3 is 0 Å². The lowest BCUT2D eigenvalue weighted by molar-refractivity contribution is -0.115. The third-order valence-corrected chi connectivity index (χ3v) is 3.48. The van der Waals surface area contributed by atoms with Gasteiger partial charge in [-0.25, -0.2) is 0 Å². The van der Waals surface area contributed by atoms with Crippen molar-refractivity contribution in [1.82, 2.24) is 10.6 Å². The Labute approximate surface area is 126 Å². The van der Waals surface area contributed by atoms with E-state index in [9.17, 15) is 9.59 Å². The van der Waals surface area contributed by atoms with Crippen molar-refractivity contribution in [2.24, 2.45) is 0 Å². The topological polar surface area (TPSA) is 71.3 Å². The summed E-state index contributed by atoms with van der Waals surface area (Å²) < 4.78 is 6.23. The van der Waals surface area contributed by atoms with E-state index < -0.39 is 0 Å². The zero-order chi connectivity index (χ0) is 14.3. The number of amides is 1. The molecule has 1 aromatic carbocycles. The summed E-state index contributed by atoms with van der Waals surface area (Å²) in [4.78, 5) is 23.8. The van der Waals surface area contributed by atoms with E-state index in [1.807, 2.05) is 0 Å². The van der Waals surface area contributed by atoms with Gasteiger partial charge in [0.15, 0.2) is 10.5 Å². The summed E-state index contributed by atoms with van der Waals surface area (Å²) in [6.45, 7) is 0. The predicted octanol–water partition coefficient (Wildman–Crippen LogP) is 1.90. The first-order valence-corrected chi connectivity index (χ1v) is 6.80. The lowest BCUT2D eigenvalue weighted by atomic mass is 10.1. The molecule has 1 aliphatic heterocycles. The minimum Gasteiger partial charge on any atom is -0.463 e. The monoisotopic (exact) mass is 350 g/mol. The van der Waals surface area contributed by atoms with E-state index in [1.54, 1.807) is 18.2 Å². The van der Waals surface area contributed by atoms with E-state index in [4.69, 9.17) is 16.6 Å². The smallest absolute Gasteiger partial charge is 0.273 e. The molecular weight excluding hydrogens is 344 g/mol. The number of halogens is 1. The van der Waals surface area contributed by atoms with Crippen molar-refractivity contribution in [3.05, 3.63) is 50.4 Å². The van der Waals surface area contributed by atoms with Crippen molar-refractivity contribution in [3.63, 3.8) is 0 Å². The Hall–Kier alpha value is -1.99. The van der Waals surface area contributed by atoms with Crippen molar-refractivity contribution < 1.29 is 9.21 Å². The molecule has 0 radical (unpaired) electrons. The van der Waals surface area contributed by atoms with E-state index in [1.165, 1.54) is 12.3 Å². The van der Waals surface area contributed by atoms with Gasteiger partial charge in [0.05, 0.1) is 10.9 Å². The van der Waals surface area contributed by atoms with Gasteiger partial charge in [0.2, 0.25) is 0 Å². The molecule has 20 heavy (non-hydrogen) atoms. The van der Waals surface area contributed by atoms with Gasteiger partial charge in [0, 0.05) is 4.47 Å². The third-order valence-electron chi connectivity index (χ3n) is 2.78. The predicted molar refractivity (Wildman–Crippen MR) is 82.0 cm³/mol. The minimum atomic E-state index is -0.370. The summed E-state index contributed by atoms with van der Waals surface area (Å²) in [6.07, 6.45) is 2.74. The summed E-state index contributed by atoms with van der Waals surface area (Å²) in [7, 11) is 0. The summed E-state index contributed by atoms with van der Waals surface area (Å²) in [6, 6.07) is 5.13. The summed E-state index contributed by atoms with van der Waals surface area (Å²) >= 11 is 8.13. The van der Waals surface area contributed by atoms with Crippen LogP contribution in [0.2, 0.25) is 0 Å². The Morgan fingerprint density at radius 2 is 2.05 bits per heavy atom. The Morgan fingerprint density at radius 3 is 2.75 bits per heavy atom. The van der Waals surface area contributed by atoms with Gasteiger partial charge in [0.25, 0.3) is 5.91 Å². The third kappa shape index (κ3) is 2.25. The van der Waals surface area contributed by atoms with E-state index in [0.717, 1.165) is 4.47 Å². The van der Waals surface area contributed by atoms with Crippen molar-refractivity contribution in [1.29, 1.82) is 0 Å². The van der Waals surface area contributed by atoms with Crippen LogP contribution < -0.4 is 16.1 Å². The molecule has 2 heterocycles. The highest BCUT2D eigenvalue weighted by Crippen LogP contribution is 2.18. The maximum absolute atomic E-state index is 12.3. The highest BCUT2D eigenvalue weighted by Gasteiger charge is 2.20. The van der Waals surface area contributed by atoms with Crippen LogP contribution in [0.15, 0.2) is 43.8 Å². The fraction of sp³-hybridized carbons (Fsp3) is 0. The van der Waals surface area contributed by atoms with Crippen LogP contribution in [0.1, 0.15) is 5.56 Å². The summed E-state index contributed by atoms with van der Waals surface area (Å²) in [5.74, 6) is -0.370. The number of nitrogens with one attached hydrogen (secondary N) is 2. The molecule has 7 heteroatoms. The van der Waals surface area contributed by atoms with Crippen LogP contribution in [-0.2, 0) is 4.79 Å². The van der Waals surface area contributed by atoms with Crippen LogP contribution in [0.3, 0.4) is 0 Å².